The van der Waals surface area contributed by atoms with Crippen molar-refractivity contribution in [1.29, 1.82) is 0 Å². The molecule has 0 atom stereocenters. The van der Waals surface area contributed by atoms with Crippen molar-refractivity contribution >= 4 is 17.4 Å². The van der Waals surface area contributed by atoms with Gasteiger partial charge in [-0.05, 0) is 24.3 Å². The van der Waals surface area contributed by atoms with Gasteiger partial charge in [0.1, 0.15) is 12.4 Å². The first kappa shape index (κ1) is 15.0. The summed E-state index contributed by atoms with van der Waals surface area (Å²) in [6.45, 7) is 0.800. The molecule has 0 aliphatic carbocycles. The minimum atomic E-state index is -0.247. The molecule has 0 spiro atoms. The Balaban J connectivity index is 1.97. The molecular formula is C14H18N4O3. The lowest BCUT2D eigenvalue weighted by molar-refractivity contribution is -0.121. The second kappa shape index (κ2) is 7.41. The SMILES string of the molecule is COCCOCC(=O)Nc1ccnn1-c1ccc(N)cc1. The number of methoxy groups -OCH3 is 1. The number of hydrogen-bond donors (Lipinski definition) is 2. The van der Waals surface area contributed by atoms with Crippen LogP contribution in [0.15, 0.2) is 36.5 Å². The minimum Gasteiger partial charge on any atom is -0.399 e. The number of rotatable bonds is 7. The van der Waals surface area contributed by atoms with E-state index in [1.54, 1.807) is 36.2 Å². The predicted octanol–water partition coefficient (Wildman–Crippen LogP) is 1.06. The zero-order valence-electron chi connectivity index (χ0n) is 11.8. The van der Waals surface area contributed by atoms with Crippen molar-refractivity contribution in [2.45, 2.75) is 0 Å². The Kier molecular flexibility index (Phi) is 5.30. The molecule has 1 amide bonds. The normalized spacial score (nSPS) is 10.5. The highest BCUT2D eigenvalue weighted by Crippen LogP contribution is 2.16. The Morgan fingerprint density at radius 1 is 1.29 bits per heavy atom. The van der Waals surface area contributed by atoms with Gasteiger partial charge in [0, 0.05) is 18.9 Å². The van der Waals surface area contributed by atoms with E-state index in [1.807, 2.05) is 12.1 Å². The van der Waals surface area contributed by atoms with E-state index in [4.69, 9.17) is 15.2 Å². The standard InChI is InChI=1S/C14H18N4O3/c1-20-8-9-21-10-14(19)17-13-6-7-16-18(13)12-4-2-11(15)3-5-12/h2-7H,8-10,15H2,1H3,(H,17,19). The predicted molar refractivity (Wildman–Crippen MR) is 79.3 cm³/mol. The molecular weight excluding hydrogens is 272 g/mol. The van der Waals surface area contributed by atoms with Crippen LogP contribution < -0.4 is 11.1 Å². The number of hydrogen-bond acceptors (Lipinski definition) is 5. The third kappa shape index (κ3) is 4.30. The molecule has 0 aliphatic heterocycles. The fourth-order valence-corrected chi connectivity index (χ4v) is 1.71. The van der Waals surface area contributed by atoms with Gasteiger partial charge >= 0.3 is 0 Å². The summed E-state index contributed by atoms with van der Waals surface area (Å²) in [4.78, 5) is 11.8. The van der Waals surface area contributed by atoms with Gasteiger partial charge in [0.15, 0.2) is 0 Å². The first-order valence-corrected chi connectivity index (χ1v) is 6.47. The third-order valence-electron chi connectivity index (χ3n) is 2.71. The first-order valence-electron chi connectivity index (χ1n) is 6.47. The number of nitrogen functional groups attached to an aromatic ring is 1. The number of carbonyl (C=O) groups excluding carboxylic acids is 1. The lowest BCUT2D eigenvalue weighted by Crippen LogP contribution is -2.21. The number of ether oxygens (including phenoxy) is 2. The van der Waals surface area contributed by atoms with Crippen molar-refractivity contribution in [2.75, 3.05) is 38.0 Å². The Hall–Kier alpha value is -2.38. The van der Waals surface area contributed by atoms with E-state index >= 15 is 0 Å². The summed E-state index contributed by atoms with van der Waals surface area (Å²) in [5.41, 5.74) is 7.13. The van der Waals surface area contributed by atoms with Crippen LogP contribution in [-0.4, -0.2) is 42.6 Å². The van der Waals surface area contributed by atoms with Gasteiger partial charge in [-0.2, -0.15) is 5.10 Å². The average Bonchev–Trinajstić information content (AvgIpc) is 2.92. The maximum absolute atomic E-state index is 11.8. The van der Waals surface area contributed by atoms with E-state index in [-0.39, 0.29) is 12.5 Å². The zero-order valence-corrected chi connectivity index (χ0v) is 11.8. The van der Waals surface area contributed by atoms with Crippen molar-refractivity contribution in [1.82, 2.24) is 9.78 Å². The zero-order chi connectivity index (χ0) is 15.1. The molecule has 2 aromatic rings. The lowest BCUT2D eigenvalue weighted by Gasteiger charge is -2.09. The van der Waals surface area contributed by atoms with Crippen LogP contribution in [0.4, 0.5) is 11.5 Å². The smallest absolute Gasteiger partial charge is 0.251 e. The quantitative estimate of drug-likeness (QED) is 0.587. The second-order valence-corrected chi connectivity index (χ2v) is 4.31. The van der Waals surface area contributed by atoms with Crippen LogP contribution in [-0.2, 0) is 14.3 Å². The van der Waals surface area contributed by atoms with Gasteiger partial charge in [-0.1, -0.05) is 0 Å². The van der Waals surface area contributed by atoms with Crippen molar-refractivity contribution in [2.24, 2.45) is 0 Å². The molecule has 0 radical (unpaired) electrons. The monoisotopic (exact) mass is 290 g/mol. The number of nitrogens with one attached hydrogen (secondary N) is 1. The van der Waals surface area contributed by atoms with E-state index in [9.17, 15) is 4.79 Å². The number of anilines is 2. The molecule has 2 rings (SSSR count). The number of nitrogens with zero attached hydrogens (tertiary/aromatic N) is 2. The molecule has 7 nitrogen and oxygen atoms in total. The van der Waals surface area contributed by atoms with E-state index in [2.05, 4.69) is 10.4 Å². The van der Waals surface area contributed by atoms with E-state index in [0.717, 1.165) is 5.69 Å². The number of aromatic nitrogens is 2. The van der Waals surface area contributed by atoms with Gasteiger partial charge in [0.25, 0.3) is 5.91 Å². The van der Waals surface area contributed by atoms with Crippen LogP contribution in [0.25, 0.3) is 5.69 Å². The summed E-state index contributed by atoms with van der Waals surface area (Å²) in [6, 6.07) is 8.91. The van der Waals surface area contributed by atoms with Crippen LogP contribution in [0.1, 0.15) is 0 Å². The van der Waals surface area contributed by atoms with Crippen molar-refractivity contribution in [3.05, 3.63) is 36.5 Å². The van der Waals surface area contributed by atoms with Gasteiger partial charge in [-0.15, -0.1) is 0 Å². The molecule has 1 heterocycles. The highest BCUT2D eigenvalue weighted by molar-refractivity contribution is 5.91. The summed E-state index contributed by atoms with van der Waals surface area (Å²) >= 11 is 0. The maximum atomic E-state index is 11.8. The molecule has 21 heavy (non-hydrogen) atoms. The van der Waals surface area contributed by atoms with E-state index in [0.29, 0.717) is 24.7 Å². The largest absolute Gasteiger partial charge is 0.399 e. The van der Waals surface area contributed by atoms with E-state index in [1.165, 1.54) is 0 Å². The van der Waals surface area contributed by atoms with Crippen LogP contribution in [0.2, 0.25) is 0 Å². The first-order chi connectivity index (χ1) is 10.2. The molecule has 0 saturated heterocycles. The molecule has 1 aromatic carbocycles. The van der Waals surface area contributed by atoms with E-state index < -0.39 is 0 Å². The molecule has 0 saturated carbocycles. The van der Waals surface area contributed by atoms with Crippen LogP contribution in [0, 0.1) is 0 Å². The highest BCUT2D eigenvalue weighted by atomic mass is 16.5. The molecule has 7 heteroatoms. The Labute approximate surface area is 122 Å². The van der Waals surface area contributed by atoms with Crippen molar-refractivity contribution in [3.63, 3.8) is 0 Å². The van der Waals surface area contributed by atoms with Gasteiger partial charge in [-0.25, -0.2) is 4.68 Å². The van der Waals surface area contributed by atoms with Gasteiger partial charge in [0.2, 0.25) is 0 Å². The number of carbonyl (C=O) groups is 1. The van der Waals surface area contributed by atoms with Gasteiger partial charge < -0.3 is 20.5 Å². The molecule has 0 aliphatic rings. The molecule has 3 N–H and O–H groups in total. The topological polar surface area (TPSA) is 91.4 Å². The second-order valence-electron chi connectivity index (χ2n) is 4.31. The Bertz CT molecular complexity index is 580. The molecule has 0 unspecified atom stereocenters. The maximum Gasteiger partial charge on any atom is 0.251 e. The van der Waals surface area contributed by atoms with Crippen LogP contribution >= 0.6 is 0 Å². The summed E-state index contributed by atoms with van der Waals surface area (Å²) in [5.74, 6) is 0.323. The summed E-state index contributed by atoms with van der Waals surface area (Å²) < 4.78 is 11.6. The summed E-state index contributed by atoms with van der Waals surface area (Å²) in [5, 5.41) is 6.92. The fraction of sp³-hybridized carbons (Fsp3) is 0.286. The molecule has 0 bridgehead atoms. The summed E-state index contributed by atoms with van der Waals surface area (Å²) in [6.07, 6.45) is 1.61. The van der Waals surface area contributed by atoms with Crippen molar-refractivity contribution < 1.29 is 14.3 Å². The molecule has 112 valence electrons. The van der Waals surface area contributed by atoms with Gasteiger partial charge in [0.05, 0.1) is 25.1 Å². The minimum absolute atomic E-state index is 0.0315. The Morgan fingerprint density at radius 3 is 2.76 bits per heavy atom. The summed E-state index contributed by atoms with van der Waals surface area (Å²) in [7, 11) is 1.58. The highest BCUT2D eigenvalue weighted by Gasteiger charge is 2.08. The van der Waals surface area contributed by atoms with Crippen LogP contribution in [0.5, 0.6) is 0 Å². The molecule has 1 aromatic heterocycles. The lowest BCUT2D eigenvalue weighted by atomic mass is 10.3. The third-order valence-corrected chi connectivity index (χ3v) is 2.71. The Morgan fingerprint density at radius 2 is 2.05 bits per heavy atom. The van der Waals surface area contributed by atoms with Crippen molar-refractivity contribution in [3.8, 4) is 5.69 Å². The average molecular weight is 290 g/mol. The number of nitrogens with two attached hydrogens (primary N) is 1. The van der Waals surface area contributed by atoms with Gasteiger partial charge in [-0.3, -0.25) is 4.79 Å². The van der Waals surface area contributed by atoms with Crippen LogP contribution in [0.3, 0.4) is 0 Å². The molecule has 0 fully saturated rings. The fourth-order valence-electron chi connectivity index (χ4n) is 1.71. The number of amides is 1. The number of benzene rings is 1.